The van der Waals surface area contributed by atoms with Gasteiger partial charge in [-0.3, -0.25) is 23.4 Å². The lowest BCUT2D eigenvalue weighted by Gasteiger charge is -2.10. The Kier molecular flexibility index (Phi) is 7.25. The fourth-order valence-corrected chi connectivity index (χ4v) is 4.29. The number of nitrogens with zero attached hydrogens (tertiary/aromatic N) is 4. The predicted octanol–water partition coefficient (Wildman–Crippen LogP) is 2.32. The van der Waals surface area contributed by atoms with Crippen LogP contribution in [0.2, 0.25) is 0 Å². The highest BCUT2D eigenvalue weighted by Gasteiger charge is 2.17. The minimum Gasteiger partial charge on any atom is -0.354 e. The van der Waals surface area contributed by atoms with E-state index in [1.807, 2.05) is 6.07 Å². The van der Waals surface area contributed by atoms with Crippen molar-refractivity contribution < 1.29 is 14.0 Å². The minimum absolute atomic E-state index is 0.0623. The number of fused-ring (bicyclic) bond motifs is 3. The third kappa shape index (κ3) is 5.09. The Labute approximate surface area is 204 Å². The van der Waals surface area contributed by atoms with Crippen LogP contribution in [0.1, 0.15) is 15.9 Å². The summed E-state index contributed by atoms with van der Waals surface area (Å²) in [6.45, 7) is 6.00. The van der Waals surface area contributed by atoms with Gasteiger partial charge < -0.3 is 10.6 Å². The van der Waals surface area contributed by atoms with Crippen LogP contribution < -0.4 is 16.2 Å². The van der Waals surface area contributed by atoms with E-state index in [9.17, 15) is 18.8 Å². The molecule has 0 aliphatic carbocycles. The van der Waals surface area contributed by atoms with Crippen molar-refractivity contribution in [2.75, 3.05) is 18.8 Å². The number of hydrogen-bond acceptors (Lipinski definition) is 6. The molecule has 0 fully saturated rings. The molecule has 2 aromatic heterocycles. The maximum atomic E-state index is 13.6. The molecule has 35 heavy (non-hydrogen) atoms. The van der Waals surface area contributed by atoms with Gasteiger partial charge in [-0.2, -0.15) is 0 Å². The zero-order valence-electron chi connectivity index (χ0n) is 19.0. The Bertz CT molecular complexity index is 1500. The van der Waals surface area contributed by atoms with Crippen LogP contribution in [0.25, 0.3) is 16.7 Å². The van der Waals surface area contributed by atoms with Gasteiger partial charge in [0, 0.05) is 25.2 Å². The van der Waals surface area contributed by atoms with Crippen molar-refractivity contribution in [2.24, 2.45) is 0 Å². The number of benzene rings is 2. The van der Waals surface area contributed by atoms with E-state index < -0.39 is 11.7 Å². The first-order valence-corrected chi connectivity index (χ1v) is 11.8. The van der Waals surface area contributed by atoms with Crippen LogP contribution in [0.4, 0.5) is 4.39 Å². The molecule has 2 N–H and O–H groups in total. The Morgan fingerprint density at radius 1 is 1.14 bits per heavy atom. The Morgan fingerprint density at radius 3 is 2.69 bits per heavy atom. The minimum atomic E-state index is -0.446. The molecule has 180 valence electrons. The number of hydrogen-bond donors (Lipinski definition) is 2. The van der Waals surface area contributed by atoms with Crippen molar-refractivity contribution in [1.82, 2.24) is 29.8 Å². The first kappa shape index (κ1) is 24.1. The van der Waals surface area contributed by atoms with Crippen molar-refractivity contribution in [3.8, 4) is 0 Å². The highest BCUT2D eigenvalue weighted by Crippen LogP contribution is 2.21. The number of thioether (sulfide) groups is 1. The van der Waals surface area contributed by atoms with Crippen LogP contribution in [0.15, 0.2) is 65.1 Å². The smallest absolute Gasteiger partial charge is 0.263 e. The number of rotatable bonds is 9. The highest BCUT2D eigenvalue weighted by molar-refractivity contribution is 7.99. The molecule has 9 nitrogen and oxygen atoms in total. The van der Waals surface area contributed by atoms with E-state index in [0.717, 1.165) is 0 Å². The van der Waals surface area contributed by atoms with Gasteiger partial charge >= 0.3 is 0 Å². The van der Waals surface area contributed by atoms with Crippen LogP contribution in [0.3, 0.4) is 0 Å². The molecule has 11 heteroatoms. The summed E-state index contributed by atoms with van der Waals surface area (Å²) in [7, 11) is 0. The van der Waals surface area contributed by atoms with Gasteiger partial charge in [0.05, 0.1) is 16.7 Å². The van der Waals surface area contributed by atoms with Gasteiger partial charge in [0.2, 0.25) is 11.7 Å². The quantitative estimate of drug-likeness (QED) is 0.210. The molecule has 2 amide bonds. The summed E-state index contributed by atoms with van der Waals surface area (Å²) < 4.78 is 16.9. The Hall–Kier alpha value is -3.99. The van der Waals surface area contributed by atoms with Gasteiger partial charge in [0.15, 0.2) is 5.16 Å². The lowest BCUT2D eigenvalue weighted by Crippen LogP contribution is -2.35. The number of aromatic nitrogens is 4. The molecule has 0 aliphatic rings. The van der Waals surface area contributed by atoms with E-state index >= 15 is 0 Å². The number of carbonyl (C=O) groups excluding carboxylic acids is 2. The Balaban J connectivity index is 1.37. The van der Waals surface area contributed by atoms with E-state index in [0.29, 0.717) is 27.4 Å². The van der Waals surface area contributed by atoms with E-state index in [4.69, 9.17) is 0 Å². The van der Waals surface area contributed by atoms with Gasteiger partial charge in [0.1, 0.15) is 5.82 Å². The molecule has 4 rings (SSSR count). The SMILES string of the molecule is C=CCn1c(=O)c2ccccc2n2c(SCC(=O)NCCNC(=O)c3ccc(C)c(F)c3)nnc12. The molecule has 0 aliphatic heterocycles. The van der Waals surface area contributed by atoms with E-state index in [2.05, 4.69) is 27.4 Å². The first-order chi connectivity index (χ1) is 16.9. The van der Waals surface area contributed by atoms with Crippen LogP contribution in [-0.4, -0.2) is 49.8 Å². The van der Waals surface area contributed by atoms with Crippen LogP contribution in [-0.2, 0) is 11.3 Å². The van der Waals surface area contributed by atoms with Crippen LogP contribution >= 0.6 is 11.8 Å². The summed E-state index contributed by atoms with van der Waals surface area (Å²) >= 11 is 1.18. The van der Waals surface area contributed by atoms with Crippen LogP contribution in [0, 0.1) is 12.7 Å². The second-order valence-corrected chi connectivity index (χ2v) is 8.64. The fourth-order valence-electron chi connectivity index (χ4n) is 3.52. The highest BCUT2D eigenvalue weighted by atomic mass is 32.2. The second kappa shape index (κ2) is 10.5. The van der Waals surface area contributed by atoms with Gasteiger partial charge in [-0.25, -0.2) is 4.39 Å². The summed E-state index contributed by atoms with van der Waals surface area (Å²) in [4.78, 5) is 37.3. The molecule has 0 atom stereocenters. The molecule has 0 saturated heterocycles. The summed E-state index contributed by atoms with van der Waals surface area (Å²) in [5.41, 5.74) is 1.14. The first-order valence-electron chi connectivity index (χ1n) is 10.8. The largest absolute Gasteiger partial charge is 0.354 e. The number of halogens is 1. The van der Waals surface area contributed by atoms with Crippen LogP contribution in [0.5, 0.6) is 0 Å². The molecule has 0 radical (unpaired) electrons. The number of carbonyl (C=O) groups is 2. The number of allylic oxidation sites excluding steroid dienone is 1. The maximum Gasteiger partial charge on any atom is 0.263 e. The molecule has 2 heterocycles. The summed E-state index contributed by atoms with van der Waals surface area (Å²) in [5, 5.41) is 14.7. The number of nitrogens with one attached hydrogen (secondary N) is 2. The molecule has 2 aromatic carbocycles. The second-order valence-electron chi connectivity index (χ2n) is 7.70. The van der Waals surface area contributed by atoms with Gasteiger partial charge in [-0.05, 0) is 36.8 Å². The monoisotopic (exact) mass is 494 g/mol. The van der Waals surface area contributed by atoms with Crippen molar-refractivity contribution in [1.29, 1.82) is 0 Å². The number of aryl methyl sites for hydroxylation is 1. The van der Waals surface area contributed by atoms with Crippen molar-refractivity contribution in [3.63, 3.8) is 0 Å². The van der Waals surface area contributed by atoms with Gasteiger partial charge in [-0.1, -0.05) is 36.0 Å². The normalized spacial score (nSPS) is 11.0. The lowest BCUT2D eigenvalue weighted by molar-refractivity contribution is -0.118. The van der Waals surface area contributed by atoms with Gasteiger partial charge in [0.25, 0.3) is 11.5 Å². The summed E-state index contributed by atoms with van der Waals surface area (Å²) in [6, 6.07) is 11.4. The third-order valence-corrected chi connectivity index (χ3v) is 6.22. The van der Waals surface area contributed by atoms with E-state index in [1.165, 1.54) is 28.5 Å². The molecule has 4 aromatic rings. The number of amides is 2. The van der Waals surface area contributed by atoms with Crippen molar-refractivity contribution in [2.45, 2.75) is 18.6 Å². The average Bonchev–Trinajstić information content (AvgIpc) is 3.28. The average molecular weight is 495 g/mol. The van der Waals surface area contributed by atoms with Gasteiger partial charge in [-0.15, -0.1) is 16.8 Å². The zero-order valence-corrected chi connectivity index (χ0v) is 19.8. The third-order valence-electron chi connectivity index (χ3n) is 5.29. The fraction of sp³-hybridized carbons (Fsp3) is 0.208. The summed E-state index contributed by atoms with van der Waals surface area (Å²) in [5.74, 6) is -0.691. The molecule has 0 saturated carbocycles. The zero-order chi connectivity index (χ0) is 24.9. The molecule has 0 spiro atoms. The predicted molar refractivity (Wildman–Crippen MR) is 132 cm³/mol. The molecular weight excluding hydrogens is 471 g/mol. The van der Waals surface area contributed by atoms with E-state index in [1.54, 1.807) is 41.7 Å². The van der Waals surface area contributed by atoms with E-state index in [-0.39, 0.29) is 42.4 Å². The van der Waals surface area contributed by atoms with Crippen molar-refractivity contribution >= 4 is 40.3 Å². The maximum absolute atomic E-state index is 13.6. The van der Waals surface area contributed by atoms with Crippen molar-refractivity contribution in [3.05, 3.63) is 82.4 Å². The molecule has 0 unspecified atom stereocenters. The Morgan fingerprint density at radius 2 is 1.91 bits per heavy atom. The lowest BCUT2D eigenvalue weighted by atomic mass is 10.1. The molecule has 0 bridgehead atoms. The number of para-hydroxylation sites is 1. The standard InChI is InChI=1S/C24H23FN6O3S/c1-3-12-30-22(34)17-6-4-5-7-19(17)31-23(30)28-29-24(31)35-14-20(32)26-10-11-27-21(33)16-9-8-15(2)18(25)13-16/h3-9,13H,1,10-12,14H2,2H3,(H,26,32)(H,27,33). The molecular formula is C24H23FN6O3S. The topological polar surface area (TPSA) is 110 Å². The summed E-state index contributed by atoms with van der Waals surface area (Å²) in [6.07, 6.45) is 1.61.